The number of nitrogens with one attached hydrogen (secondary N) is 3. The summed E-state index contributed by atoms with van der Waals surface area (Å²) in [5.41, 5.74) is 1.61. The van der Waals surface area contributed by atoms with Gasteiger partial charge in [0.2, 0.25) is 0 Å². The third-order valence-corrected chi connectivity index (χ3v) is 4.31. The van der Waals surface area contributed by atoms with Gasteiger partial charge in [0.15, 0.2) is 10.9 Å². The molecule has 0 heterocycles. The Kier molecular flexibility index (Phi) is 8.81. The molecule has 0 fully saturated rings. The highest BCUT2D eigenvalue weighted by Crippen LogP contribution is 2.10. The molecule has 0 radical (unpaired) electrons. The second-order valence-electron chi connectivity index (χ2n) is 5.98. The number of hydrogen-bond acceptors (Lipinski definition) is 2. The van der Waals surface area contributed by atoms with Gasteiger partial charge in [0.25, 0.3) is 0 Å². The molecule has 23 heavy (non-hydrogen) atoms. The average Bonchev–Trinajstić information content (AvgIpc) is 2.52. The zero-order chi connectivity index (χ0) is 17.2. The molecule has 1 rings (SSSR count). The molecule has 0 aliphatic heterocycles. The molecule has 1 aromatic carbocycles. The summed E-state index contributed by atoms with van der Waals surface area (Å²) in [5.74, 6) is 0.0706. The monoisotopic (exact) mass is 336 g/mol. The number of Topliss-reactive ketones (excluding diaryl/α,β-unsaturated/α-hetero) is 1. The van der Waals surface area contributed by atoms with E-state index in [2.05, 4.69) is 31.4 Å². The van der Waals surface area contributed by atoms with E-state index in [4.69, 9.17) is 12.2 Å². The van der Waals surface area contributed by atoms with Crippen LogP contribution in [0.15, 0.2) is 24.3 Å². The second kappa shape index (κ2) is 10.3. The van der Waals surface area contributed by atoms with Crippen LogP contribution in [0.4, 0.5) is 5.69 Å². The zero-order valence-corrected chi connectivity index (χ0v) is 15.6. The molecular formula is C18H30N3OS+. The first-order valence-electron chi connectivity index (χ1n) is 8.48. The smallest absolute Gasteiger partial charge is 0.170 e. The minimum Gasteiger partial charge on any atom is -0.360 e. The first-order chi connectivity index (χ1) is 11.0. The van der Waals surface area contributed by atoms with Crippen molar-refractivity contribution in [3.05, 3.63) is 29.8 Å². The Labute approximate surface area is 145 Å². The summed E-state index contributed by atoms with van der Waals surface area (Å²) in [6.07, 6.45) is 2.30. The van der Waals surface area contributed by atoms with E-state index in [0.29, 0.717) is 16.7 Å². The molecule has 0 saturated carbocycles. The average molecular weight is 337 g/mol. The summed E-state index contributed by atoms with van der Waals surface area (Å²) in [6.45, 7) is 11.8. The first kappa shape index (κ1) is 19.6. The molecule has 0 saturated heterocycles. The number of rotatable bonds is 9. The third kappa shape index (κ3) is 7.57. The minimum atomic E-state index is 0.0706. The van der Waals surface area contributed by atoms with Crippen molar-refractivity contribution >= 4 is 28.8 Å². The number of thiocarbonyl (C=S) groups is 1. The minimum absolute atomic E-state index is 0.0706. The van der Waals surface area contributed by atoms with E-state index in [0.717, 1.165) is 12.1 Å². The van der Waals surface area contributed by atoms with Crippen molar-refractivity contribution in [2.75, 3.05) is 25.0 Å². The van der Waals surface area contributed by atoms with Gasteiger partial charge in [-0.1, -0.05) is 0 Å². The van der Waals surface area contributed by atoms with Crippen molar-refractivity contribution in [1.82, 2.24) is 5.32 Å². The number of quaternary nitrogens is 1. The lowest BCUT2D eigenvalue weighted by Crippen LogP contribution is -3.11. The number of hydrogen-bond donors (Lipinski definition) is 3. The highest BCUT2D eigenvalue weighted by atomic mass is 32.1. The lowest BCUT2D eigenvalue weighted by atomic mass is 10.1. The van der Waals surface area contributed by atoms with Crippen LogP contribution in [0.2, 0.25) is 0 Å². The molecule has 128 valence electrons. The van der Waals surface area contributed by atoms with Gasteiger partial charge in [0, 0.05) is 17.3 Å². The van der Waals surface area contributed by atoms with E-state index in [-0.39, 0.29) is 5.78 Å². The molecule has 0 bridgehead atoms. The second-order valence-corrected chi connectivity index (χ2v) is 6.39. The van der Waals surface area contributed by atoms with Crippen molar-refractivity contribution in [2.24, 2.45) is 0 Å². The van der Waals surface area contributed by atoms with E-state index in [1.807, 2.05) is 24.3 Å². The van der Waals surface area contributed by atoms with Crippen LogP contribution in [0, 0.1) is 0 Å². The van der Waals surface area contributed by atoms with Crippen LogP contribution in [0.1, 0.15) is 50.9 Å². The number of ketones is 1. The molecular weight excluding hydrogens is 306 g/mol. The van der Waals surface area contributed by atoms with Crippen LogP contribution in [-0.2, 0) is 0 Å². The maximum absolute atomic E-state index is 11.3. The highest BCUT2D eigenvalue weighted by molar-refractivity contribution is 7.80. The fourth-order valence-electron chi connectivity index (χ4n) is 2.51. The maximum atomic E-state index is 11.3. The van der Waals surface area contributed by atoms with Gasteiger partial charge in [0.1, 0.15) is 0 Å². The lowest BCUT2D eigenvalue weighted by molar-refractivity contribution is -0.896. The van der Waals surface area contributed by atoms with Crippen LogP contribution < -0.4 is 15.5 Å². The number of carbonyl (C=O) groups is 1. The maximum Gasteiger partial charge on any atom is 0.170 e. The topological polar surface area (TPSA) is 45.6 Å². The van der Waals surface area contributed by atoms with Gasteiger partial charge in [0.05, 0.1) is 19.6 Å². The zero-order valence-electron chi connectivity index (χ0n) is 14.7. The van der Waals surface area contributed by atoms with Gasteiger partial charge < -0.3 is 15.5 Å². The Morgan fingerprint density at radius 1 is 1.22 bits per heavy atom. The summed E-state index contributed by atoms with van der Waals surface area (Å²) < 4.78 is 0. The summed E-state index contributed by atoms with van der Waals surface area (Å²) in [4.78, 5) is 12.9. The van der Waals surface area contributed by atoms with Crippen LogP contribution in [0.25, 0.3) is 0 Å². The van der Waals surface area contributed by atoms with Crippen molar-refractivity contribution in [3.8, 4) is 0 Å². The molecule has 0 amide bonds. The summed E-state index contributed by atoms with van der Waals surface area (Å²) in [7, 11) is 0. The number of anilines is 1. The molecule has 0 spiro atoms. The molecule has 0 aromatic heterocycles. The molecule has 1 aromatic rings. The van der Waals surface area contributed by atoms with Gasteiger partial charge in [-0.05, 0) is 77.0 Å². The Bertz CT molecular complexity index is 497. The normalized spacial score (nSPS) is 12.0. The molecule has 0 unspecified atom stereocenters. The number of benzene rings is 1. The molecule has 1 atom stereocenters. The van der Waals surface area contributed by atoms with Crippen LogP contribution in [0.3, 0.4) is 0 Å². The number of carbonyl (C=O) groups excluding carboxylic acids is 1. The predicted molar refractivity (Wildman–Crippen MR) is 101 cm³/mol. The van der Waals surface area contributed by atoms with Crippen LogP contribution in [0.5, 0.6) is 0 Å². The Morgan fingerprint density at radius 3 is 2.35 bits per heavy atom. The third-order valence-electron chi connectivity index (χ3n) is 4.09. The summed E-state index contributed by atoms with van der Waals surface area (Å²) in [5, 5.41) is 7.11. The van der Waals surface area contributed by atoms with Gasteiger partial charge in [-0.3, -0.25) is 4.79 Å². The van der Waals surface area contributed by atoms with E-state index >= 15 is 0 Å². The summed E-state index contributed by atoms with van der Waals surface area (Å²) in [6, 6.07) is 7.72. The molecule has 4 nitrogen and oxygen atoms in total. The Morgan fingerprint density at radius 2 is 1.83 bits per heavy atom. The van der Waals surface area contributed by atoms with Crippen LogP contribution >= 0.6 is 12.2 Å². The van der Waals surface area contributed by atoms with Crippen molar-refractivity contribution in [1.29, 1.82) is 0 Å². The largest absolute Gasteiger partial charge is 0.360 e. The van der Waals surface area contributed by atoms with E-state index in [1.165, 1.54) is 26.1 Å². The molecule has 0 aliphatic carbocycles. The summed E-state index contributed by atoms with van der Waals surface area (Å²) >= 11 is 5.35. The van der Waals surface area contributed by atoms with E-state index in [1.54, 1.807) is 11.8 Å². The quantitative estimate of drug-likeness (QED) is 0.478. The van der Waals surface area contributed by atoms with Crippen molar-refractivity contribution < 1.29 is 9.69 Å². The lowest BCUT2D eigenvalue weighted by Gasteiger charge is -2.19. The van der Waals surface area contributed by atoms with E-state index in [9.17, 15) is 4.79 Å². The van der Waals surface area contributed by atoms with Crippen molar-refractivity contribution in [3.63, 3.8) is 0 Å². The van der Waals surface area contributed by atoms with Gasteiger partial charge in [-0.15, -0.1) is 0 Å². The molecule has 3 N–H and O–H groups in total. The fourth-order valence-corrected chi connectivity index (χ4v) is 2.83. The SMILES string of the molecule is CC[NH+](CC)CCC[C@H](C)NC(=S)Nc1ccc(C(C)=O)cc1. The fraction of sp³-hybridized carbons (Fsp3) is 0.556. The van der Waals surface area contributed by atoms with Gasteiger partial charge >= 0.3 is 0 Å². The molecule has 5 heteroatoms. The van der Waals surface area contributed by atoms with Crippen LogP contribution in [-0.4, -0.2) is 36.6 Å². The van der Waals surface area contributed by atoms with Crippen molar-refractivity contribution in [2.45, 2.75) is 46.6 Å². The Balaban J connectivity index is 2.33. The standard InChI is InChI=1S/C18H29N3OS/c1-5-21(6-2)13-7-8-14(3)19-18(23)20-17-11-9-16(10-12-17)15(4)22/h9-12,14H,5-8,13H2,1-4H3,(H2,19,20,23)/p+1/t14-/m0/s1. The first-order valence-corrected chi connectivity index (χ1v) is 8.89. The van der Waals surface area contributed by atoms with Gasteiger partial charge in [-0.25, -0.2) is 0 Å². The van der Waals surface area contributed by atoms with E-state index < -0.39 is 0 Å². The molecule has 0 aliphatic rings. The Hall–Kier alpha value is -1.46. The predicted octanol–water partition coefficient (Wildman–Crippen LogP) is 2.27. The van der Waals surface area contributed by atoms with Gasteiger partial charge in [-0.2, -0.15) is 0 Å². The highest BCUT2D eigenvalue weighted by Gasteiger charge is 2.08.